The number of aliphatic hydroxyl groups excluding tert-OH is 1. The van der Waals surface area contributed by atoms with Crippen LogP contribution in [0.25, 0.3) is 0 Å². The molecule has 2 unspecified atom stereocenters. The fraction of sp³-hybridized carbons (Fsp3) is 1.00. The molecule has 1 rings (SSSR count). The summed E-state index contributed by atoms with van der Waals surface area (Å²) in [6.45, 7) is 5.18. The summed E-state index contributed by atoms with van der Waals surface area (Å²) >= 11 is 0. The zero-order valence-electron chi connectivity index (χ0n) is 9.69. The van der Waals surface area contributed by atoms with E-state index >= 15 is 0 Å². The number of aliphatic hydroxyl groups is 1. The van der Waals surface area contributed by atoms with E-state index in [4.69, 9.17) is 15.2 Å². The van der Waals surface area contributed by atoms with Crippen LogP contribution in [-0.2, 0) is 9.47 Å². The lowest BCUT2D eigenvalue weighted by Crippen LogP contribution is -2.42. The summed E-state index contributed by atoms with van der Waals surface area (Å²) in [4.78, 5) is 0. The SMILES string of the molecule is CC1CCC(C)[C@H](OCN)[C@@H](CO)OC1. The summed E-state index contributed by atoms with van der Waals surface area (Å²) < 4.78 is 11.1. The standard InChI is InChI=1S/C11H23NO3/c1-8-3-4-9(2)11(15-7-12)10(5-13)14-6-8/h8-11,13H,3-7,12H2,1-2H3/t8?,9?,10-,11+/m1/s1. The molecule has 4 heteroatoms. The molecule has 4 nitrogen and oxygen atoms in total. The van der Waals surface area contributed by atoms with Crippen LogP contribution in [0.2, 0.25) is 0 Å². The molecule has 0 amide bonds. The van der Waals surface area contributed by atoms with Crippen molar-refractivity contribution in [3.63, 3.8) is 0 Å². The maximum absolute atomic E-state index is 9.26. The highest BCUT2D eigenvalue weighted by molar-refractivity contribution is 4.79. The van der Waals surface area contributed by atoms with Crippen molar-refractivity contribution >= 4 is 0 Å². The van der Waals surface area contributed by atoms with Gasteiger partial charge in [0.2, 0.25) is 0 Å². The van der Waals surface area contributed by atoms with Gasteiger partial charge in [0.05, 0.1) is 19.4 Å². The Morgan fingerprint density at radius 3 is 2.73 bits per heavy atom. The van der Waals surface area contributed by atoms with Crippen molar-refractivity contribution in [1.82, 2.24) is 0 Å². The molecule has 0 aromatic rings. The van der Waals surface area contributed by atoms with Crippen LogP contribution in [0.3, 0.4) is 0 Å². The van der Waals surface area contributed by atoms with Gasteiger partial charge in [0.1, 0.15) is 6.10 Å². The van der Waals surface area contributed by atoms with Gasteiger partial charge < -0.3 is 20.3 Å². The molecule has 1 fully saturated rings. The Bertz CT molecular complexity index is 177. The van der Waals surface area contributed by atoms with Crippen LogP contribution in [0.4, 0.5) is 0 Å². The molecular weight excluding hydrogens is 194 g/mol. The van der Waals surface area contributed by atoms with Crippen LogP contribution in [-0.4, -0.2) is 37.3 Å². The lowest BCUT2D eigenvalue weighted by molar-refractivity contribution is -0.127. The van der Waals surface area contributed by atoms with Gasteiger partial charge in [-0.1, -0.05) is 13.8 Å². The zero-order chi connectivity index (χ0) is 11.3. The lowest BCUT2D eigenvalue weighted by atomic mass is 9.90. The van der Waals surface area contributed by atoms with Crippen molar-refractivity contribution in [3.8, 4) is 0 Å². The second kappa shape index (κ2) is 6.43. The molecule has 0 radical (unpaired) electrons. The van der Waals surface area contributed by atoms with Crippen molar-refractivity contribution in [1.29, 1.82) is 0 Å². The summed E-state index contributed by atoms with van der Waals surface area (Å²) in [7, 11) is 0. The summed E-state index contributed by atoms with van der Waals surface area (Å²) in [5.74, 6) is 0.939. The van der Waals surface area contributed by atoms with Gasteiger partial charge in [-0.05, 0) is 24.7 Å². The first-order chi connectivity index (χ1) is 7.19. The average Bonchev–Trinajstić information content (AvgIpc) is 2.23. The topological polar surface area (TPSA) is 64.7 Å². The number of hydrogen-bond donors (Lipinski definition) is 2. The van der Waals surface area contributed by atoms with Crippen molar-refractivity contribution in [3.05, 3.63) is 0 Å². The molecule has 1 heterocycles. The first kappa shape index (κ1) is 12.9. The van der Waals surface area contributed by atoms with Gasteiger partial charge in [-0.15, -0.1) is 0 Å². The third kappa shape index (κ3) is 3.72. The fourth-order valence-electron chi connectivity index (χ4n) is 2.08. The first-order valence-corrected chi connectivity index (χ1v) is 5.73. The van der Waals surface area contributed by atoms with Gasteiger partial charge in [0.15, 0.2) is 0 Å². The highest BCUT2D eigenvalue weighted by Crippen LogP contribution is 2.25. The summed E-state index contributed by atoms with van der Waals surface area (Å²) in [5.41, 5.74) is 5.40. The summed E-state index contributed by atoms with van der Waals surface area (Å²) in [6.07, 6.45) is 1.94. The first-order valence-electron chi connectivity index (χ1n) is 5.73. The minimum absolute atomic E-state index is 0.00171. The van der Waals surface area contributed by atoms with E-state index in [0.717, 1.165) is 12.8 Å². The van der Waals surface area contributed by atoms with Crippen molar-refractivity contribution in [2.45, 2.75) is 38.9 Å². The fourth-order valence-corrected chi connectivity index (χ4v) is 2.08. The van der Waals surface area contributed by atoms with Crippen molar-refractivity contribution < 1.29 is 14.6 Å². The zero-order valence-corrected chi connectivity index (χ0v) is 9.69. The highest BCUT2D eigenvalue weighted by atomic mass is 16.6. The maximum atomic E-state index is 9.26. The van der Waals surface area contributed by atoms with E-state index in [2.05, 4.69) is 13.8 Å². The van der Waals surface area contributed by atoms with Gasteiger partial charge in [-0.25, -0.2) is 0 Å². The van der Waals surface area contributed by atoms with E-state index in [1.165, 1.54) is 0 Å². The Balaban J connectivity index is 2.60. The Morgan fingerprint density at radius 1 is 1.40 bits per heavy atom. The van der Waals surface area contributed by atoms with Crippen LogP contribution in [0.15, 0.2) is 0 Å². The minimum Gasteiger partial charge on any atom is -0.394 e. The van der Waals surface area contributed by atoms with Crippen LogP contribution >= 0.6 is 0 Å². The van der Waals surface area contributed by atoms with Crippen LogP contribution in [0.5, 0.6) is 0 Å². The second-order valence-corrected chi connectivity index (χ2v) is 4.51. The molecule has 0 saturated carbocycles. The second-order valence-electron chi connectivity index (χ2n) is 4.51. The maximum Gasteiger partial charge on any atom is 0.107 e. The van der Waals surface area contributed by atoms with Gasteiger partial charge in [0, 0.05) is 6.61 Å². The molecule has 4 atom stereocenters. The van der Waals surface area contributed by atoms with Gasteiger partial charge >= 0.3 is 0 Å². The number of ether oxygens (including phenoxy) is 2. The van der Waals surface area contributed by atoms with Crippen LogP contribution in [0, 0.1) is 11.8 Å². The van der Waals surface area contributed by atoms with E-state index in [0.29, 0.717) is 18.4 Å². The number of rotatable bonds is 3. The molecule has 15 heavy (non-hydrogen) atoms. The smallest absolute Gasteiger partial charge is 0.107 e. The molecule has 90 valence electrons. The predicted molar refractivity (Wildman–Crippen MR) is 58.3 cm³/mol. The van der Waals surface area contributed by atoms with E-state index in [1.54, 1.807) is 0 Å². The molecule has 0 spiro atoms. The lowest BCUT2D eigenvalue weighted by Gasteiger charge is -2.34. The van der Waals surface area contributed by atoms with Gasteiger partial charge in [-0.2, -0.15) is 0 Å². The van der Waals surface area contributed by atoms with E-state index in [9.17, 15) is 5.11 Å². The number of nitrogens with two attached hydrogens (primary N) is 1. The third-order valence-electron chi connectivity index (χ3n) is 3.11. The van der Waals surface area contributed by atoms with Crippen molar-refractivity contribution in [2.75, 3.05) is 19.9 Å². The minimum atomic E-state index is -0.230. The predicted octanol–water partition coefficient (Wildman–Crippen LogP) is 0.731. The summed E-state index contributed by atoms with van der Waals surface area (Å²) in [6, 6.07) is 0. The Hall–Kier alpha value is -0.160. The molecule has 0 bridgehead atoms. The summed E-state index contributed by atoms with van der Waals surface area (Å²) in [5, 5.41) is 9.26. The van der Waals surface area contributed by atoms with E-state index in [-0.39, 0.29) is 25.5 Å². The Labute approximate surface area is 91.7 Å². The Kier molecular flexibility index (Phi) is 5.53. The third-order valence-corrected chi connectivity index (χ3v) is 3.11. The van der Waals surface area contributed by atoms with E-state index < -0.39 is 0 Å². The largest absolute Gasteiger partial charge is 0.394 e. The quantitative estimate of drug-likeness (QED) is 0.684. The molecule has 1 saturated heterocycles. The van der Waals surface area contributed by atoms with Crippen LogP contribution < -0.4 is 5.73 Å². The molecule has 1 aliphatic heterocycles. The van der Waals surface area contributed by atoms with Crippen LogP contribution in [0.1, 0.15) is 26.7 Å². The normalized spacial score (nSPS) is 38.4. The van der Waals surface area contributed by atoms with E-state index in [1.807, 2.05) is 0 Å². The van der Waals surface area contributed by atoms with Crippen molar-refractivity contribution in [2.24, 2.45) is 17.6 Å². The molecular formula is C11H23NO3. The van der Waals surface area contributed by atoms with Gasteiger partial charge in [-0.3, -0.25) is 0 Å². The highest BCUT2D eigenvalue weighted by Gasteiger charge is 2.30. The average molecular weight is 217 g/mol. The molecule has 1 aliphatic rings. The Morgan fingerprint density at radius 2 is 2.13 bits per heavy atom. The van der Waals surface area contributed by atoms with Gasteiger partial charge in [0.25, 0.3) is 0 Å². The molecule has 0 aliphatic carbocycles. The molecule has 0 aromatic heterocycles. The monoisotopic (exact) mass is 217 g/mol. The number of hydrogen-bond acceptors (Lipinski definition) is 4. The molecule has 3 N–H and O–H groups in total. The molecule has 0 aromatic carbocycles.